The van der Waals surface area contributed by atoms with E-state index >= 15 is 0 Å². The summed E-state index contributed by atoms with van der Waals surface area (Å²) in [6.45, 7) is 7.60. The molecule has 5 nitrogen and oxygen atoms in total. The second-order valence-electron chi connectivity index (χ2n) is 8.25. The molecule has 2 aliphatic heterocycles. The predicted molar refractivity (Wildman–Crippen MR) is 121 cm³/mol. The number of amides is 1. The number of nitrogens with zero attached hydrogens (tertiary/aromatic N) is 1. The molecule has 4 rings (SSSR count). The Morgan fingerprint density at radius 2 is 1.93 bits per heavy atom. The van der Waals surface area contributed by atoms with E-state index in [-0.39, 0.29) is 30.2 Å². The maximum atomic E-state index is 12.8. The molecule has 1 N–H and O–H groups in total. The molecule has 2 aromatic rings. The van der Waals surface area contributed by atoms with Crippen LogP contribution in [-0.4, -0.2) is 35.8 Å². The van der Waals surface area contributed by atoms with E-state index in [0.29, 0.717) is 22.9 Å². The maximum Gasteiger partial charge on any atom is 0.255 e. The summed E-state index contributed by atoms with van der Waals surface area (Å²) in [4.78, 5) is 27.4. The zero-order valence-corrected chi connectivity index (χ0v) is 18.6. The molecule has 1 saturated heterocycles. The molecule has 1 atom stereocenters. The number of ketones is 1. The fourth-order valence-corrected chi connectivity index (χ4v) is 4.43. The molecule has 1 fully saturated rings. The Hall–Kier alpha value is -2.37. The number of hydrogen-bond donors (Lipinski definition) is 1. The SMILES string of the molecule is CC(=O)c1cc(C(=O)Nc2ccc3c(c2)C2CCCN2CC3)ccc1OC(C)C.Cl. The number of Topliss-reactive ketones (excluding diaryl/α,β-unsaturated/α-hetero) is 1. The monoisotopic (exact) mass is 428 g/mol. The average Bonchev–Trinajstić information content (AvgIpc) is 3.17. The van der Waals surface area contributed by atoms with Gasteiger partial charge >= 0.3 is 0 Å². The van der Waals surface area contributed by atoms with Gasteiger partial charge in [-0.3, -0.25) is 14.5 Å². The zero-order valence-electron chi connectivity index (χ0n) is 17.7. The van der Waals surface area contributed by atoms with Gasteiger partial charge in [0.15, 0.2) is 5.78 Å². The highest BCUT2D eigenvalue weighted by molar-refractivity contribution is 6.07. The number of fused-ring (bicyclic) bond motifs is 3. The topological polar surface area (TPSA) is 58.6 Å². The summed E-state index contributed by atoms with van der Waals surface area (Å²) in [7, 11) is 0. The molecule has 30 heavy (non-hydrogen) atoms. The van der Waals surface area contributed by atoms with Crippen LogP contribution in [-0.2, 0) is 6.42 Å². The van der Waals surface area contributed by atoms with Crippen molar-refractivity contribution in [2.75, 3.05) is 18.4 Å². The maximum absolute atomic E-state index is 12.8. The van der Waals surface area contributed by atoms with Crippen LogP contribution in [0.2, 0.25) is 0 Å². The molecular weight excluding hydrogens is 400 g/mol. The van der Waals surface area contributed by atoms with Crippen LogP contribution < -0.4 is 10.1 Å². The third kappa shape index (κ3) is 4.52. The van der Waals surface area contributed by atoms with Crippen LogP contribution in [0.1, 0.15) is 71.5 Å². The van der Waals surface area contributed by atoms with Crippen molar-refractivity contribution in [3.63, 3.8) is 0 Å². The summed E-state index contributed by atoms with van der Waals surface area (Å²) >= 11 is 0. The van der Waals surface area contributed by atoms with E-state index in [1.54, 1.807) is 18.2 Å². The van der Waals surface area contributed by atoms with E-state index in [9.17, 15) is 9.59 Å². The number of anilines is 1. The number of nitrogens with one attached hydrogen (secondary N) is 1. The normalized spacial score (nSPS) is 17.7. The lowest BCUT2D eigenvalue weighted by Crippen LogP contribution is -2.31. The summed E-state index contributed by atoms with van der Waals surface area (Å²) in [6.07, 6.45) is 3.45. The first kappa shape index (κ1) is 22.3. The van der Waals surface area contributed by atoms with E-state index in [1.165, 1.54) is 37.4 Å². The minimum absolute atomic E-state index is 0. The average molecular weight is 429 g/mol. The number of hydrogen-bond acceptors (Lipinski definition) is 4. The van der Waals surface area contributed by atoms with Gasteiger partial charge in [-0.15, -0.1) is 12.4 Å². The fraction of sp³-hybridized carbons (Fsp3) is 0.417. The van der Waals surface area contributed by atoms with Crippen LogP contribution in [0.4, 0.5) is 5.69 Å². The van der Waals surface area contributed by atoms with Crippen molar-refractivity contribution in [2.45, 2.75) is 52.2 Å². The molecule has 160 valence electrons. The summed E-state index contributed by atoms with van der Waals surface area (Å²) in [5, 5.41) is 3.01. The number of rotatable bonds is 5. The smallest absolute Gasteiger partial charge is 0.255 e. The van der Waals surface area contributed by atoms with Gasteiger partial charge in [-0.25, -0.2) is 0 Å². The van der Waals surface area contributed by atoms with Crippen LogP contribution in [0.15, 0.2) is 36.4 Å². The van der Waals surface area contributed by atoms with Gasteiger partial charge in [0.2, 0.25) is 0 Å². The molecule has 6 heteroatoms. The van der Waals surface area contributed by atoms with Crippen molar-refractivity contribution in [2.24, 2.45) is 0 Å². The fourth-order valence-electron chi connectivity index (χ4n) is 4.43. The van der Waals surface area contributed by atoms with Gasteiger partial charge in [-0.05, 0) is 88.0 Å². The lowest BCUT2D eigenvalue weighted by atomic mass is 9.92. The molecule has 0 bridgehead atoms. The van der Waals surface area contributed by atoms with E-state index in [1.807, 2.05) is 19.9 Å². The molecule has 2 heterocycles. The summed E-state index contributed by atoms with van der Waals surface area (Å²) < 4.78 is 5.70. The van der Waals surface area contributed by atoms with Crippen molar-refractivity contribution in [1.82, 2.24) is 4.90 Å². The molecule has 0 aromatic heterocycles. The van der Waals surface area contributed by atoms with Gasteiger partial charge in [-0.1, -0.05) is 6.07 Å². The molecule has 2 aromatic carbocycles. The Morgan fingerprint density at radius 1 is 1.13 bits per heavy atom. The Labute approximate surface area is 184 Å². The van der Waals surface area contributed by atoms with E-state index in [2.05, 4.69) is 22.3 Å². The van der Waals surface area contributed by atoms with Crippen LogP contribution in [0.3, 0.4) is 0 Å². The number of halogens is 1. The predicted octanol–water partition coefficient (Wildman–Crippen LogP) is 5.04. The molecule has 1 amide bonds. The first-order valence-corrected chi connectivity index (χ1v) is 10.4. The molecule has 0 radical (unpaired) electrons. The van der Waals surface area contributed by atoms with E-state index in [0.717, 1.165) is 18.7 Å². The van der Waals surface area contributed by atoms with Gasteiger partial charge in [0, 0.05) is 23.8 Å². The Balaban J connectivity index is 0.00000256. The number of carbonyl (C=O) groups is 2. The Morgan fingerprint density at radius 3 is 2.67 bits per heavy atom. The summed E-state index contributed by atoms with van der Waals surface area (Å²) in [5.41, 5.74) is 4.41. The van der Waals surface area contributed by atoms with Crippen LogP contribution in [0, 0.1) is 0 Å². The molecule has 0 spiro atoms. The molecular formula is C24H29ClN2O3. The minimum atomic E-state index is -0.220. The lowest BCUT2D eigenvalue weighted by molar-refractivity contribution is 0.101. The van der Waals surface area contributed by atoms with Crippen LogP contribution >= 0.6 is 12.4 Å². The number of carbonyl (C=O) groups excluding carboxylic acids is 2. The quantitative estimate of drug-likeness (QED) is 0.677. The van der Waals surface area contributed by atoms with E-state index in [4.69, 9.17) is 4.74 Å². The second-order valence-corrected chi connectivity index (χ2v) is 8.25. The molecule has 1 unspecified atom stereocenters. The Kier molecular flexibility index (Phi) is 6.84. The highest BCUT2D eigenvalue weighted by Crippen LogP contribution is 2.38. The third-order valence-corrected chi connectivity index (χ3v) is 5.78. The number of benzene rings is 2. The lowest BCUT2D eigenvalue weighted by Gasteiger charge is -2.32. The highest BCUT2D eigenvalue weighted by atomic mass is 35.5. The zero-order chi connectivity index (χ0) is 20.5. The first-order valence-electron chi connectivity index (χ1n) is 10.4. The van der Waals surface area contributed by atoms with Crippen LogP contribution in [0.25, 0.3) is 0 Å². The largest absolute Gasteiger partial charge is 0.490 e. The van der Waals surface area contributed by atoms with Gasteiger partial charge < -0.3 is 10.1 Å². The van der Waals surface area contributed by atoms with Gasteiger partial charge in [0.25, 0.3) is 5.91 Å². The molecule has 0 aliphatic carbocycles. The van der Waals surface area contributed by atoms with Crippen molar-refractivity contribution < 1.29 is 14.3 Å². The molecule has 0 saturated carbocycles. The van der Waals surface area contributed by atoms with Crippen molar-refractivity contribution >= 4 is 29.8 Å². The second kappa shape index (κ2) is 9.19. The van der Waals surface area contributed by atoms with Gasteiger partial charge in [-0.2, -0.15) is 0 Å². The van der Waals surface area contributed by atoms with E-state index < -0.39 is 0 Å². The van der Waals surface area contributed by atoms with Gasteiger partial charge in [0.05, 0.1) is 11.7 Å². The minimum Gasteiger partial charge on any atom is -0.490 e. The van der Waals surface area contributed by atoms with Crippen molar-refractivity contribution in [3.05, 3.63) is 58.7 Å². The van der Waals surface area contributed by atoms with Gasteiger partial charge in [0.1, 0.15) is 5.75 Å². The highest BCUT2D eigenvalue weighted by Gasteiger charge is 2.31. The number of ether oxygens (including phenoxy) is 1. The Bertz CT molecular complexity index is 957. The summed E-state index contributed by atoms with van der Waals surface area (Å²) in [5.74, 6) is 0.173. The third-order valence-electron chi connectivity index (χ3n) is 5.78. The van der Waals surface area contributed by atoms with Crippen molar-refractivity contribution in [1.29, 1.82) is 0 Å². The van der Waals surface area contributed by atoms with Crippen molar-refractivity contribution in [3.8, 4) is 5.75 Å². The van der Waals surface area contributed by atoms with Crippen LogP contribution in [0.5, 0.6) is 5.75 Å². The molecule has 2 aliphatic rings. The standard InChI is InChI=1S/C24H28N2O3.ClH/c1-15(2)29-23-9-7-18(13-20(23)16(3)27)24(28)25-19-8-6-17-10-12-26-11-4-5-22(26)21(17)14-19;/h6-9,13-15,22H,4-5,10-12H2,1-3H3,(H,25,28);1H. The first-order chi connectivity index (χ1) is 13.9. The summed E-state index contributed by atoms with van der Waals surface area (Å²) in [6, 6.07) is 11.7.